The summed E-state index contributed by atoms with van der Waals surface area (Å²) in [7, 11) is 1.64. The Morgan fingerprint density at radius 2 is 1.90 bits per heavy atom. The Morgan fingerprint density at radius 3 is 2.59 bits per heavy atom. The highest BCUT2D eigenvalue weighted by atomic mass is 79.9. The van der Waals surface area contributed by atoms with Gasteiger partial charge in [0.15, 0.2) is 11.5 Å². The fraction of sp³-hybridized carbons (Fsp3) is 0.391. The number of hydrogen-bond donors (Lipinski definition) is 1. The summed E-state index contributed by atoms with van der Waals surface area (Å²) in [6.45, 7) is 2.01. The van der Waals surface area contributed by atoms with Crippen LogP contribution in [0.5, 0.6) is 11.5 Å². The molecule has 0 heterocycles. The highest BCUT2D eigenvalue weighted by Gasteiger charge is 2.13. The van der Waals surface area contributed by atoms with Crippen LogP contribution in [0.25, 0.3) is 0 Å². The quantitative estimate of drug-likeness (QED) is 0.290. The Morgan fingerprint density at radius 1 is 1.10 bits per heavy atom. The van der Waals surface area contributed by atoms with Crippen LogP contribution >= 0.6 is 39.1 Å². The van der Waals surface area contributed by atoms with Crippen LogP contribution in [0.3, 0.4) is 0 Å². The van der Waals surface area contributed by atoms with Crippen molar-refractivity contribution in [1.82, 2.24) is 5.32 Å². The Labute approximate surface area is 191 Å². The fourth-order valence-corrected chi connectivity index (χ4v) is 4.38. The predicted octanol–water partition coefficient (Wildman–Crippen LogP) is 7.32. The predicted molar refractivity (Wildman–Crippen MR) is 124 cm³/mol. The normalized spacial score (nSPS) is 13.9. The number of methoxy groups -OCH3 is 1. The van der Waals surface area contributed by atoms with Crippen LogP contribution in [0, 0.1) is 0 Å². The van der Waals surface area contributed by atoms with Crippen molar-refractivity contribution in [3.63, 3.8) is 0 Å². The third-order valence-electron chi connectivity index (χ3n) is 5.09. The molecule has 0 fully saturated rings. The van der Waals surface area contributed by atoms with E-state index in [1.165, 1.54) is 25.7 Å². The van der Waals surface area contributed by atoms with Gasteiger partial charge in [-0.05, 0) is 68.5 Å². The first-order valence-electron chi connectivity index (χ1n) is 9.89. The van der Waals surface area contributed by atoms with Crippen LogP contribution in [0.15, 0.2) is 46.5 Å². The van der Waals surface area contributed by atoms with Gasteiger partial charge in [-0.3, -0.25) is 0 Å². The van der Waals surface area contributed by atoms with E-state index in [4.69, 9.17) is 32.7 Å². The zero-order valence-electron chi connectivity index (χ0n) is 16.6. The average molecular weight is 499 g/mol. The maximum absolute atomic E-state index is 6.24. The number of ether oxygens (including phenoxy) is 2. The van der Waals surface area contributed by atoms with Gasteiger partial charge in [-0.25, -0.2) is 0 Å². The van der Waals surface area contributed by atoms with Gasteiger partial charge in [0.25, 0.3) is 0 Å². The lowest BCUT2D eigenvalue weighted by atomic mass is 9.97. The maximum Gasteiger partial charge on any atom is 0.162 e. The molecule has 0 saturated heterocycles. The second-order valence-electron chi connectivity index (χ2n) is 7.12. The molecule has 2 aromatic rings. The Hall–Kier alpha value is -1.20. The van der Waals surface area contributed by atoms with Gasteiger partial charge in [0.1, 0.15) is 6.61 Å². The number of allylic oxidation sites excluding steroid dienone is 1. The second kappa shape index (κ2) is 11.3. The zero-order valence-corrected chi connectivity index (χ0v) is 19.7. The molecule has 3 rings (SSSR count). The Bertz CT molecular complexity index is 850. The lowest BCUT2D eigenvalue weighted by Gasteiger charge is -2.16. The monoisotopic (exact) mass is 497 g/mol. The molecular formula is C23H26BrCl2NO2. The summed E-state index contributed by atoms with van der Waals surface area (Å²) >= 11 is 16.1. The molecule has 0 unspecified atom stereocenters. The van der Waals surface area contributed by atoms with E-state index in [1.807, 2.05) is 18.2 Å². The van der Waals surface area contributed by atoms with E-state index < -0.39 is 0 Å². The molecule has 1 aliphatic rings. The van der Waals surface area contributed by atoms with E-state index in [0.717, 1.165) is 35.1 Å². The van der Waals surface area contributed by atoms with Crippen molar-refractivity contribution in [2.45, 2.75) is 45.3 Å². The number of nitrogens with one attached hydrogen (secondary N) is 1. The summed E-state index contributed by atoms with van der Waals surface area (Å²) in [6, 6.07) is 9.36. The summed E-state index contributed by atoms with van der Waals surface area (Å²) in [4.78, 5) is 0. The van der Waals surface area contributed by atoms with Gasteiger partial charge in [0.05, 0.1) is 7.11 Å². The molecule has 0 spiro atoms. The van der Waals surface area contributed by atoms with E-state index in [2.05, 4.69) is 27.3 Å². The van der Waals surface area contributed by atoms with Crippen LogP contribution in [0.1, 0.15) is 43.2 Å². The van der Waals surface area contributed by atoms with Crippen LogP contribution in [0.2, 0.25) is 10.0 Å². The molecule has 1 N–H and O–H groups in total. The minimum absolute atomic E-state index is 0.272. The molecule has 6 heteroatoms. The first-order chi connectivity index (χ1) is 14.1. The molecule has 0 saturated carbocycles. The molecule has 0 amide bonds. The van der Waals surface area contributed by atoms with Crippen LogP contribution in [-0.2, 0) is 13.2 Å². The van der Waals surface area contributed by atoms with E-state index in [0.29, 0.717) is 21.5 Å². The number of benzene rings is 2. The van der Waals surface area contributed by atoms with E-state index in [9.17, 15) is 0 Å². The highest BCUT2D eigenvalue weighted by Crippen LogP contribution is 2.35. The molecule has 0 atom stereocenters. The van der Waals surface area contributed by atoms with Crippen molar-refractivity contribution in [2.75, 3.05) is 13.7 Å². The lowest BCUT2D eigenvalue weighted by molar-refractivity contribution is 0.284. The Kier molecular flexibility index (Phi) is 8.73. The fourth-order valence-electron chi connectivity index (χ4n) is 3.41. The van der Waals surface area contributed by atoms with E-state index in [-0.39, 0.29) is 6.61 Å². The molecule has 2 aromatic carbocycles. The summed E-state index contributed by atoms with van der Waals surface area (Å²) in [5.41, 5.74) is 3.47. The lowest BCUT2D eigenvalue weighted by Crippen LogP contribution is -2.16. The molecule has 0 aromatic heterocycles. The third-order valence-corrected chi connectivity index (χ3v) is 6.54. The van der Waals surface area contributed by atoms with Crippen LogP contribution in [-0.4, -0.2) is 13.7 Å². The first-order valence-corrected chi connectivity index (χ1v) is 11.4. The largest absolute Gasteiger partial charge is 0.493 e. The molecular weight excluding hydrogens is 473 g/mol. The van der Waals surface area contributed by atoms with Crippen molar-refractivity contribution in [3.8, 4) is 11.5 Å². The van der Waals surface area contributed by atoms with Crippen LogP contribution in [0.4, 0.5) is 0 Å². The minimum atomic E-state index is 0.272. The van der Waals surface area contributed by atoms with Gasteiger partial charge in [-0.15, -0.1) is 0 Å². The smallest absolute Gasteiger partial charge is 0.162 e. The van der Waals surface area contributed by atoms with Gasteiger partial charge in [0, 0.05) is 26.6 Å². The van der Waals surface area contributed by atoms with Gasteiger partial charge in [-0.2, -0.15) is 0 Å². The molecule has 0 radical (unpaired) electrons. The SMILES string of the molecule is COc1cc(CNCCC2=CCCCC2)c(Br)cc1OCc1c(Cl)cccc1Cl. The van der Waals surface area contributed by atoms with Crippen molar-refractivity contribution < 1.29 is 9.47 Å². The van der Waals surface area contributed by atoms with Crippen molar-refractivity contribution >= 4 is 39.1 Å². The first kappa shape index (κ1) is 22.5. The minimum Gasteiger partial charge on any atom is -0.493 e. The number of halogens is 3. The topological polar surface area (TPSA) is 30.5 Å². The summed E-state index contributed by atoms with van der Waals surface area (Å²) < 4.78 is 12.5. The molecule has 1 aliphatic carbocycles. The Balaban J connectivity index is 1.60. The molecule has 29 heavy (non-hydrogen) atoms. The van der Waals surface area contributed by atoms with Crippen molar-refractivity contribution in [3.05, 3.63) is 67.6 Å². The van der Waals surface area contributed by atoms with Crippen molar-refractivity contribution in [2.24, 2.45) is 0 Å². The third kappa shape index (κ3) is 6.39. The molecule has 0 bridgehead atoms. The highest BCUT2D eigenvalue weighted by molar-refractivity contribution is 9.10. The number of hydrogen-bond acceptors (Lipinski definition) is 3. The van der Waals surface area contributed by atoms with Gasteiger partial charge in [-0.1, -0.05) is 56.8 Å². The number of rotatable bonds is 9. The zero-order chi connectivity index (χ0) is 20.6. The van der Waals surface area contributed by atoms with Crippen molar-refractivity contribution in [1.29, 1.82) is 0 Å². The molecule has 0 aliphatic heterocycles. The average Bonchev–Trinajstić information content (AvgIpc) is 2.72. The van der Waals surface area contributed by atoms with Gasteiger partial charge >= 0.3 is 0 Å². The van der Waals surface area contributed by atoms with E-state index >= 15 is 0 Å². The van der Waals surface area contributed by atoms with Crippen LogP contribution < -0.4 is 14.8 Å². The molecule has 156 valence electrons. The van der Waals surface area contributed by atoms with Gasteiger partial charge in [0.2, 0.25) is 0 Å². The van der Waals surface area contributed by atoms with Gasteiger partial charge < -0.3 is 14.8 Å². The van der Waals surface area contributed by atoms with E-state index in [1.54, 1.807) is 24.8 Å². The molecule has 3 nitrogen and oxygen atoms in total. The standard InChI is InChI=1S/C23H26BrCl2NO2/c1-28-22-12-17(14-27-11-10-16-6-3-2-4-7-16)19(24)13-23(22)29-15-18-20(25)8-5-9-21(18)26/h5-6,8-9,12-13,27H,2-4,7,10-11,14-15H2,1H3. The summed E-state index contributed by atoms with van der Waals surface area (Å²) in [5.74, 6) is 1.33. The maximum atomic E-state index is 6.24. The summed E-state index contributed by atoms with van der Waals surface area (Å²) in [6.07, 6.45) is 8.67. The summed E-state index contributed by atoms with van der Waals surface area (Å²) in [5, 5.41) is 4.71. The second-order valence-corrected chi connectivity index (χ2v) is 8.79.